The van der Waals surface area contributed by atoms with Gasteiger partial charge in [0.25, 0.3) is 0 Å². The average Bonchev–Trinajstić information content (AvgIpc) is 2.94. The highest BCUT2D eigenvalue weighted by Gasteiger charge is 2.35. The van der Waals surface area contributed by atoms with E-state index in [1.165, 1.54) is 50.6 Å². The fourth-order valence-electron chi connectivity index (χ4n) is 4.50. The predicted molar refractivity (Wildman–Crippen MR) is 82.2 cm³/mol. The molecule has 0 spiro atoms. The molecule has 4 atom stereocenters. The van der Waals surface area contributed by atoms with Crippen LogP contribution in [0.25, 0.3) is 0 Å². The van der Waals surface area contributed by atoms with Crippen molar-refractivity contribution < 1.29 is 0 Å². The Labute approximate surface area is 122 Å². The van der Waals surface area contributed by atoms with Crippen molar-refractivity contribution in [3.63, 3.8) is 0 Å². The van der Waals surface area contributed by atoms with Crippen molar-refractivity contribution in [1.29, 1.82) is 0 Å². The summed E-state index contributed by atoms with van der Waals surface area (Å²) in [5.41, 5.74) is 7.86. The molecule has 3 heteroatoms. The van der Waals surface area contributed by atoms with Gasteiger partial charge in [-0.1, -0.05) is 32.6 Å². The highest BCUT2D eigenvalue weighted by Crippen LogP contribution is 2.45. The third-order valence-electron chi connectivity index (χ3n) is 5.61. The summed E-state index contributed by atoms with van der Waals surface area (Å²) in [7, 11) is 0. The Morgan fingerprint density at radius 2 is 2.05 bits per heavy atom. The summed E-state index contributed by atoms with van der Waals surface area (Å²) < 4.78 is 2.12. The third-order valence-corrected chi connectivity index (χ3v) is 5.61. The van der Waals surface area contributed by atoms with E-state index in [1.54, 1.807) is 0 Å². The van der Waals surface area contributed by atoms with Crippen molar-refractivity contribution in [3.8, 4) is 0 Å². The minimum Gasteiger partial charge on any atom is -0.322 e. The van der Waals surface area contributed by atoms with E-state index in [2.05, 4.69) is 22.8 Å². The van der Waals surface area contributed by atoms with Gasteiger partial charge in [0.15, 0.2) is 0 Å². The Bertz CT molecular complexity index is 426. The molecule has 2 saturated carbocycles. The van der Waals surface area contributed by atoms with Crippen LogP contribution in [0.5, 0.6) is 0 Å². The molecule has 2 N–H and O–H groups in total. The van der Waals surface area contributed by atoms with Crippen molar-refractivity contribution >= 4 is 0 Å². The van der Waals surface area contributed by atoms with E-state index >= 15 is 0 Å². The molecule has 0 amide bonds. The van der Waals surface area contributed by atoms with Crippen LogP contribution < -0.4 is 5.73 Å². The molecule has 4 unspecified atom stereocenters. The first-order valence-corrected chi connectivity index (χ1v) is 8.57. The summed E-state index contributed by atoms with van der Waals surface area (Å²) in [6.45, 7) is 3.19. The van der Waals surface area contributed by atoms with Crippen LogP contribution >= 0.6 is 0 Å². The fourth-order valence-corrected chi connectivity index (χ4v) is 4.50. The smallest absolute Gasteiger partial charge is 0.0554 e. The van der Waals surface area contributed by atoms with Crippen LogP contribution in [-0.2, 0) is 6.54 Å². The summed E-state index contributed by atoms with van der Waals surface area (Å²) in [4.78, 5) is 0. The molecule has 3 nitrogen and oxygen atoms in total. The molecule has 1 aromatic rings. The lowest BCUT2D eigenvalue weighted by Crippen LogP contribution is -2.34. The molecule has 0 radical (unpaired) electrons. The largest absolute Gasteiger partial charge is 0.322 e. The van der Waals surface area contributed by atoms with E-state index < -0.39 is 0 Å². The Balaban J connectivity index is 1.67. The second-order valence-corrected chi connectivity index (χ2v) is 6.88. The second kappa shape index (κ2) is 6.30. The molecule has 2 aliphatic rings. The molecule has 1 heterocycles. The highest BCUT2D eigenvalue weighted by molar-refractivity contribution is 5.08. The maximum Gasteiger partial charge on any atom is 0.0554 e. The SMILES string of the molecule is CCCn1nccc1C(N)C1CCC2CCCCC2C1. The van der Waals surface area contributed by atoms with E-state index in [9.17, 15) is 0 Å². The lowest BCUT2D eigenvalue weighted by atomic mass is 9.66. The summed E-state index contributed by atoms with van der Waals surface area (Å²) in [6.07, 6.45) is 12.9. The molecule has 3 rings (SSSR count). The van der Waals surface area contributed by atoms with Crippen LogP contribution in [-0.4, -0.2) is 9.78 Å². The van der Waals surface area contributed by atoms with Gasteiger partial charge in [-0.15, -0.1) is 0 Å². The van der Waals surface area contributed by atoms with Crippen molar-refractivity contribution in [1.82, 2.24) is 9.78 Å². The Hall–Kier alpha value is -0.830. The molecule has 112 valence electrons. The molecular weight excluding hydrogens is 246 g/mol. The van der Waals surface area contributed by atoms with Gasteiger partial charge in [0.05, 0.1) is 5.69 Å². The van der Waals surface area contributed by atoms with Crippen molar-refractivity contribution in [2.75, 3.05) is 0 Å². The average molecular weight is 275 g/mol. The predicted octanol–water partition coefficient (Wildman–Crippen LogP) is 3.90. The summed E-state index contributed by atoms with van der Waals surface area (Å²) >= 11 is 0. The number of rotatable bonds is 4. The maximum atomic E-state index is 6.61. The number of hydrogen-bond donors (Lipinski definition) is 1. The minimum atomic E-state index is 0.187. The summed E-state index contributed by atoms with van der Waals surface area (Å²) in [5.74, 6) is 2.63. The zero-order valence-corrected chi connectivity index (χ0v) is 12.8. The highest BCUT2D eigenvalue weighted by atomic mass is 15.3. The molecule has 1 aromatic heterocycles. The van der Waals surface area contributed by atoms with Crippen LogP contribution in [0.2, 0.25) is 0 Å². The lowest BCUT2D eigenvalue weighted by molar-refractivity contribution is 0.115. The first-order valence-electron chi connectivity index (χ1n) is 8.57. The Morgan fingerprint density at radius 1 is 1.25 bits per heavy atom. The van der Waals surface area contributed by atoms with Gasteiger partial charge in [0.1, 0.15) is 0 Å². The maximum absolute atomic E-state index is 6.61. The minimum absolute atomic E-state index is 0.187. The van der Waals surface area contributed by atoms with Crippen molar-refractivity contribution in [2.24, 2.45) is 23.5 Å². The molecular formula is C17H29N3. The fraction of sp³-hybridized carbons (Fsp3) is 0.824. The number of nitrogens with zero attached hydrogens (tertiary/aromatic N) is 2. The normalized spacial score (nSPS) is 31.8. The second-order valence-electron chi connectivity index (χ2n) is 6.88. The van der Waals surface area contributed by atoms with Gasteiger partial charge in [-0.25, -0.2) is 0 Å². The lowest BCUT2D eigenvalue weighted by Gasteiger charge is -2.41. The Kier molecular flexibility index (Phi) is 4.45. The monoisotopic (exact) mass is 275 g/mol. The van der Waals surface area contributed by atoms with E-state index in [-0.39, 0.29) is 6.04 Å². The van der Waals surface area contributed by atoms with Gasteiger partial charge in [-0.2, -0.15) is 5.10 Å². The standard InChI is InChI=1S/C17H29N3/c1-2-11-20-16(9-10-19-20)17(18)15-8-7-13-5-3-4-6-14(13)12-15/h9-10,13-15,17H,2-8,11-12,18H2,1H3. The number of nitrogens with two attached hydrogens (primary N) is 1. The van der Waals surface area contributed by atoms with Crippen LogP contribution in [0, 0.1) is 17.8 Å². The van der Waals surface area contributed by atoms with Gasteiger partial charge >= 0.3 is 0 Å². The molecule has 0 aliphatic heterocycles. The van der Waals surface area contributed by atoms with Crippen LogP contribution in [0.3, 0.4) is 0 Å². The Morgan fingerprint density at radius 3 is 2.85 bits per heavy atom. The summed E-state index contributed by atoms with van der Waals surface area (Å²) in [5, 5.41) is 4.44. The quantitative estimate of drug-likeness (QED) is 0.905. The van der Waals surface area contributed by atoms with E-state index in [4.69, 9.17) is 5.73 Å². The molecule has 0 saturated heterocycles. The van der Waals surface area contributed by atoms with Gasteiger partial charge < -0.3 is 5.73 Å². The van der Waals surface area contributed by atoms with Gasteiger partial charge in [-0.3, -0.25) is 4.68 Å². The van der Waals surface area contributed by atoms with Gasteiger partial charge in [0, 0.05) is 18.8 Å². The topological polar surface area (TPSA) is 43.8 Å². The van der Waals surface area contributed by atoms with Gasteiger partial charge in [0.2, 0.25) is 0 Å². The first-order chi connectivity index (χ1) is 9.79. The zero-order valence-electron chi connectivity index (χ0n) is 12.8. The van der Waals surface area contributed by atoms with Crippen LogP contribution in [0.4, 0.5) is 0 Å². The summed E-state index contributed by atoms with van der Waals surface area (Å²) in [6, 6.07) is 2.32. The molecule has 2 aliphatic carbocycles. The number of hydrogen-bond acceptors (Lipinski definition) is 2. The van der Waals surface area contributed by atoms with Crippen molar-refractivity contribution in [2.45, 2.75) is 70.9 Å². The number of aromatic nitrogens is 2. The molecule has 20 heavy (non-hydrogen) atoms. The van der Waals surface area contributed by atoms with E-state index in [0.717, 1.165) is 24.8 Å². The van der Waals surface area contributed by atoms with Crippen molar-refractivity contribution in [3.05, 3.63) is 18.0 Å². The zero-order chi connectivity index (χ0) is 13.9. The van der Waals surface area contributed by atoms with E-state index in [0.29, 0.717) is 5.92 Å². The van der Waals surface area contributed by atoms with Crippen LogP contribution in [0.1, 0.15) is 70.0 Å². The molecule has 2 fully saturated rings. The molecule has 0 bridgehead atoms. The number of aryl methyl sites for hydroxylation is 1. The van der Waals surface area contributed by atoms with Gasteiger partial charge in [-0.05, 0) is 49.5 Å². The first kappa shape index (κ1) is 14.1. The third kappa shape index (κ3) is 2.78. The molecule has 0 aromatic carbocycles. The van der Waals surface area contributed by atoms with Crippen LogP contribution in [0.15, 0.2) is 12.3 Å². The van der Waals surface area contributed by atoms with E-state index in [1.807, 2.05) is 6.20 Å². The number of fused-ring (bicyclic) bond motifs is 1.